The van der Waals surface area contributed by atoms with Gasteiger partial charge in [0.15, 0.2) is 0 Å². The van der Waals surface area contributed by atoms with Gasteiger partial charge in [0.25, 0.3) is 0 Å². The molecule has 3 heteroatoms. The van der Waals surface area contributed by atoms with Crippen LogP contribution >= 0.6 is 11.8 Å². The SMILES string of the molecule is CSc1cc(C)c(C)c(CN=C=O)c1. The first-order chi connectivity index (χ1) is 6.69. The van der Waals surface area contributed by atoms with E-state index in [-0.39, 0.29) is 0 Å². The molecule has 0 radical (unpaired) electrons. The summed E-state index contributed by atoms with van der Waals surface area (Å²) in [5.41, 5.74) is 3.56. The van der Waals surface area contributed by atoms with E-state index >= 15 is 0 Å². The van der Waals surface area contributed by atoms with Gasteiger partial charge < -0.3 is 0 Å². The third-order valence-electron chi connectivity index (χ3n) is 2.30. The van der Waals surface area contributed by atoms with Gasteiger partial charge >= 0.3 is 0 Å². The van der Waals surface area contributed by atoms with E-state index in [1.165, 1.54) is 16.0 Å². The van der Waals surface area contributed by atoms with E-state index in [1.807, 2.05) is 6.26 Å². The Bertz CT molecular complexity index is 381. The van der Waals surface area contributed by atoms with Gasteiger partial charge in [-0.05, 0) is 48.9 Å². The lowest BCUT2D eigenvalue weighted by Gasteiger charge is -2.08. The van der Waals surface area contributed by atoms with Crippen LogP contribution in [0.5, 0.6) is 0 Å². The molecule has 1 aromatic carbocycles. The first-order valence-corrected chi connectivity index (χ1v) is 5.59. The Labute approximate surface area is 88.4 Å². The van der Waals surface area contributed by atoms with Gasteiger partial charge in [-0.15, -0.1) is 11.8 Å². The lowest BCUT2D eigenvalue weighted by Crippen LogP contribution is -1.91. The van der Waals surface area contributed by atoms with Crippen LogP contribution in [0.2, 0.25) is 0 Å². The summed E-state index contributed by atoms with van der Waals surface area (Å²) in [5.74, 6) is 0. The van der Waals surface area contributed by atoms with Crippen LogP contribution in [0.15, 0.2) is 22.0 Å². The van der Waals surface area contributed by atoms with Gasteiger partial charge in [0, 0.05) is 4.90 Å². The molecule has 0 saturated carbocycles. The molecular weight excluding hydrogens is 194 g/mol. The number of isocyanates is 1. The normalized spacial score (nSPS) is 9.64. The van der Waals surface area contributed by atoms with Gasteiger partial charge in [-0.3, -0.25) is 0 Å². The van der Waals surface area contributed by atoms with Crippen molar-refractivity contribution in [2.24, 2.45) is 4.99 Å². The number of hydrogen-bond donors (Lipinski definition) is 0. The quantitative estimate of drug-likeness (QED) is 0.433. The Hall–Kier alpha value is -1.05. The minimum absolute atomic E-state index is 0.435. The van der Waals surface area contributed by atoms with Gasteiger partial charge in [0.2, 0.25) is 6.08 Å². The average Bonchev–Trinajstić information content (AvgIpc) is 2.20. The number of thioether (sulfide) groups is 1. The lowest BCUT2D eigenvalue weighted by atomic mass is 10.0. The predicted molar refractivity (Wildman–Crippen MR) is 59.5 cm³/mol. The molecule has 0 saturated heterocycles. The second-order valence-electron chi connectivity index (χ2n) is 3.14. The highest BCUT2D eigenvalue weighted by Gasteiger charge is 2.03. The maximum Gasteiger partial charge on any atom is 0.235 e. The van der Waals surface area contributed by atoms with Gasteiger partial charge in [0.1, 0.15) is 0 Å². The fraction of sp³-hybridized carbons (Fsp3) is 0.364. The molecule has 0 amide bonds. The number of rotatable bonds is 3. The highest BCUT2D eigenvalue weighted by Crippen LogP contribution is 2.23. The van der Waals surface area contributed by atoms with Crippen molar-refractivity contribution in [1.29, 1.82) is 0 Å². The summed E-state index contributed by atoms with van der Waals surface area (Å²) in [4.78, 5) is 14.8. The standard InChI is InChI=1S/C11H13NOS/c1-8-4-11(14-3)5-10(9(8)2)6-12-7-13/h4-5H,6H2,1-3H3. The van der Waals surface area contributed by atoms with E-state index < -0.39 is 0 Å². The molecule has 0 aliphatic carbocycles. The smallest absolute Gasteiger partial charge is 0.211 e. The first-order valence-electron chi connectivity index (χ1n) is 4.36. The molecule has 0 bridgehead atoms. The highest BCUT2D eigenvalue weighted by atomic mass is 32.2. The van der Waals surface area contributed by atoms with Crippen LogP contribution in [0.25, 0.3) is 0 Å². The molecule has 74 valence electrons. The Balaban J connectivity index is 3.12. The number of aliphatic imine (C=N–C) groups is 1. The predicted octanol–water partition coefficient (Wildman–Crippen LogP) is 2.86. The summed E-state index contributed by atoms with van der Waals surface area (Å²) in [5, 5.41) is 0. The van der Waals surface area contributed by atoms with E-state index in [0.29, 0.717) is 6.54 Å². The van der Waals surface area contributed by atoms with Crippen molar-refractivity contribution in [2.45, 2.75) is 25.3 Å². The van der Waals surface area contributed by atoms with E-state index in [9.17, 15) is 4.79 Å². The monoisotopic (exact) mass is 207 g/mol. The van der Waals surface area contributed by atoms with Gasteiger partial charge in [-0.1, -0.05) is 0 Å². The molecule has 1 aromatic rings. The lowest BCUT2D eigenvalue weighted by molar-refractivity contribution is 0.562. The van der Waals surface area contributed by atoms with Gasteiger partial charge in [-0.2, -0.15) is 0 Å². The minimum Gasteiger partial charge on any atom is -0.211 e. The molecule has 0 unspecified atom stereocenters. The minimum atomic E-state index is 0.435. The van der Waals surface area contributed by atoms with Crippen LogP contribution in [0.4, 0.5) is 0 Å². The summed E-state index contributed by atoms with van der Waals surface area (Å²) in [6.07, 6.45) is 3.61. The summed E-state index contributed by atoms with van der Waals surface area (Å²) in [7, 11) is 0. The van der Waals surface area contributed by atoms with Crippen molar-refractivity contribution in [3.8, 4) is 0 Å². The number of nitrogens with zero attached hydrogens (tertiary/aromatic N) is 1. The molecule has 0 atom stereocenters. The Kier molecular flexibility index (Phi) is 3.93. The maximum atomic E-state index is 10.0. The fourth-order valence-electron chi connectivity index (χ4n) is 1.30. The zero-order chi connectivity index (χ0) is 10.6. The third-order valence-corrected chi connectivity index (χ3v) is 3.01. The fourth-order valence-corrected chi connectivity index (χ4v) is 1.85. The van der Waals surface area contributed by atoms with Crippen LogP contribution in [-0.2, 0) is 11.3 Å². The molecule has 0 aromatic heterocycles. The highest BCUT2D eigenvalue weighted by molar-refractivity contribution is 7.98. The van der Waals surface area contributed by atoms with Crippen LogP contribution < -0.4 is 0 Å². The molecule has 14 heavy (non-hydrogen) atoms. The van der Waals surface area contributed by atoms with Gasteiger partial charge in [-0.25, -0.2) is 9.79 Å². The second-order valence-corrected chi connectivity index (χ2v) is 4.02. The van der Waals surface area contributed by atoms with Crippen molar-refractivity contribution in [2.75, 3.05) is 6.26 Å². The number of aryl methyl sites for hydroxylation is 1. The zero-order valence-electron chi connectivity index (χ0n) is 8.63. The molecule has 0 heterocycles. The van der Waals surface area contributed by atoms with Crippen molar-refractivity contribution >= 4 is 17.8 Å². The van der Waals surface area contributed by atoms with E-state index in [0.717, 1.165) is 5.56 Å². The molecule has 0 aliphatic rings. The van der Waals surface area contributed by atoms with E-state index in [4.69, 9.17) is 0 Å². The van der Waals surface area contributed by atoms with E-state index in [1.54, 1.807) is 17.8 Å². The molecule has 0 N–H and O–H groups in total. The first kappa shape index (κ1) is 11.0. The zero-order valence-corrected chi connectivity index (χ0v) is 9.44. The number of benzene rings is 1. The number of carbonyl (C=O) groups excluding carboxylic acids is 1. The largest absolute Gasteiger partial charge is 0.235 e. The molecule has 0 spiro atoms. The Morgan fingerprint density at radius 3 is 2.71 bits per heavy atom. The Morgan fingerprint density at radius 1 is 1.43 bits per heavy atom. The second kappa shape index (κ2) is 4.99. The van der Waals surface area contributed by atoms with Crippen LogP contribution in [-0.4, -0.2) is 12.3 Å². The molecule has 0 aliphatic heterocycles. The number of hydrogen-bond acceptors (Lipinski definition) is 3. The van der Waals surface area contributed by atoms with E-state index in [2.05, 4.69) is 31.0 Å². The topological polar surface area (TPSA) is 29.4 Å². The summed E-state index contributed by atoms with van der Waals surface area (Å²) in [6, 6.07) is 4.22. The van der Waals surface area contributed by atoms with Crippen molar-refractivity contribution in [3.05, 3.63) is 28.8 Å². The van der Waals surface area contributed by atoms with Crippen LogP contribution in [0, 0.1) is 13.8 Å². The molecule has 2 nitrogen and oxygen atoms in total. The van der Waals surface area contributed by atoms with Crippen molar-refractivity contribution < 1.29 is 4.79 Å². The molecular formula is C11H13NOS. The summed E-state index contributed by atoms with van der Waals surface area (Å²) < 4.78 is 0. The average molecular weight is 207 g/mol. The molecule has 0 fully saturated rings. The van der Waals surface area contributed by atoms with Crippen LogP contribution in [0.1, 0.15) is 16.7 Å². The summed E-state index contributed by atoms with van der Waals surface area (Å²) in [6.45, 7) is 4.56. The van der Waals surface area contributed by atoms with Gasteiger partial charge in [0.05, 0.1) is 6.54 Å². The third kappa shape index (κ3) is 2.47. The molecule has 1 rings (SSSR count). The van der Waals surface area contributed by atoms with Crippen LogP contribution in [0.3, 0.4) is 0 Å². The van der Waals surface area contributed by atoms with Crippen molar-refractivity contribution in [3.63, 3.8) is 0 Å². The van der Waals surface area contributed by atoms with Crippen molar-refractivity contribution in [1.82, 2.24) is 0 Å². The maximum absolute atomic E-state index is 10.0. The summed E-state index contributed by atoms with van der Waals surface area (Å²) >= 11 is 1.70. The Morgan fingerprint density at radius 2 is 2.14 bits per heavy atom.